The largest absolute Gasteiger partial charge is 0.477 e. The van der Waals surface area contributed by atoms with Crippen molar-refractivity contribution in [2.24, 2.45) is 0 Å². The van der Waals surface area contributed by atoms with Crippen LogP contribution in [0.5, 0.6) is 0 Å². The van der Waals surface area contributed by atoms with Crippen LogP contribution in [0.1, 0.15) is 5.56 Å². The van der Waals surface area contributed by atoms with E-state index in [1.807, 2.05) is 5.38 Å². The number of nitrogens with one attached hydrogen (secondary N) is 1. The van der Waals surface area contributed by atoms with E-state index in [0.717, 1.165) is 4.34 Å². The summed E-state index contributed by atoms with van der Waals surface area (Å²) < 4.78 is 0.847. The maximum Gasteiger partial charge on any atom is 0.352 e. The lowest BCUT2D eigenvalue weighted by Gasteiger charge is -2.49. The third kappa shape index (κ3) is 4.05. The number of carboxylic acid groups (broad SMARTS) is 1. The van der Waals surface area contributed by atoms with E-state index in [-0.39, 0.29) is 18.0 Å². The van der Waals surface area contributed by atoms with Crippen molar-refractivity contribution < 1.29 is 19.5 Å². The van der Waals surface area contributed by atoms with Crippen molar-refractivity contribution in [1.82, 2.24) is 15.2 Å². The Bertz CT molecular complexity index is 1020. The molecule has 0 spiro atoms. The molecular weight excluding hydrogens is 444 g/mol. The van der Waals surface area contributed by atoms with Gasteiger partial charge >= 0.3 is 5.97 Å². The Balaban J connectivity index is 1.44. The van der Waals surface area contributed by atoms with Crippen molar-refractivity contribution in [3.63, 3.8) is 0 Å². The number of aliphatic carboxylic acids is 1. The first-order valence-electron chi connectivity index (χ1n) is 9.00. The van der Waals surface area contributed by atoms with Crippen LogP contribution < -0.4 is 11.1 Å². The summed E-state index contributed by atoms with van der Waals surface area (Å²) in [5.41, 5.74) is 7.77. The van der Waals surface area contributed by atoms with Gasteiger partial charge in [-0.2, -0.15) is 0 Å². The first-order valence-corrected chi connectivity index (χ1v) is 11.9. The fraction of sp³-hybridized carbons (Fsp3) is 0.263. The molecule has 1 saturated heterocycles. The Morgan fingerprint density at radius 3 is 2.87 bits per heavy atom. The number of benzene rings is 1. The Morgan fingerprint density at radius 2 is 2.17 bits per heavy atom. The first kappa shape index (κ1) is 20.8. The Kier molecular flexibility index (Phi) is 6.02. The number of nitrogen functional groups attached to an aromatic ring is 1. The van der Waals surface area contributed by atoms with Gasteiger partial charge in [-0.15, -0.1) is 23.1 Å². The van der Waals surface area contributed by atoms with Gasteiger partial charge in [0.25, 0.3) is 5.91 Å². The van der Waals surface area contributed by atoms with Gasteiger partial charge in [-0.25, -0.2) is 9.78 Å². The lowest BCUT2D eigenvalue weighted by atomic mass is 10.0. The second-order valence-corrected chi connectivity index (χ2v) is 9.90. The molecule has 1 fully saturated rings. The zero-order valence-corrected chi connectivity index (χ0v) is 18.1. The number of carboxylic acids is 1. The molecule has 30 heavy (non-hydrogen) atoms. The number of anilines is 1. The number of hydrogen-bond donors (Lipinski definition) is 3. The minimum Gasteiger partial charge on any atom is -0.477 e. The number of fused-ring (bicyclic) bond motifs is 1. The normalized spacial score (nSPS) is 20.5. The van der Waals surface area contributed by atoms with Gasteiger partial charge in [0, 0.05) is 28.8 Å². The van der Waals surface area contributed by atoms with Crippen molar-refractivity contribution in [3.05, 3.63) is 52.7 Å². The van der Waals surface area contributed by atoms with Gasteiger partial charge in [-0.05, 0) is 17.2 Å². The van der Waals surface area contributed by atoms with Gasteiger partial charge in [0.2, 0.25) is 5.91 Å². The Morgan fingerprint density at radius 1 is 1.37 bits per heavy atom. The summed E-state index contributed by atoms with van der Waals surface area (Å²) in [6.45, 7) is 0. The molecule has 1 aromatic heterocycles. The topological polar surface area (TPSA) is 126 Å². The number of hydrogen-bond acceptors (Lipinski definition) is 8. The molecule has 4 rings (SSSR count). The fourth-order valence-corrected chi connectivity index (χ4v) is 6.44. The van der Waals surface area contributed by atoms with Crippen molar-refractivity contribution in [2.75, 3.05) is 17.2 Å². The van der Waals surface area contributed by atoms with Crippen LogP contribution in [0, 0.1) is 0 Å². The highest BCUT2D eigenvalue weighted by molar-refractivity contribution is 8.01. The summed E-state index contributed by atoms with van der Waals surface area (Å²) in [6, 6.07) is 6.31. The van der Waals surface area contributed by atoms with Gasteiger partial charge < -0.3 is 16.2 Å². The van der Waals surface area contributed by atoms with E-state index in [4.69, 9.17) is 5.73 Å². The van der Waals surface area contributed by atoms with E-state index in [1.165, 1.54) is 39.8 Å². The van der Waals surface area contributed by atoms with E-state index in [9.17, 15) is 19.5 Å². The molecule has 2 atom stereocenters. The molecule has 0 saturated carbocycles. The van der Waals surface area contributed by atoms with Gasteiger partial charge in [-0.1, -0.05) is 30.0 Å². The average Bonchev–Trinajstić information content (AvgIpc) is 3.25. The molecule has 2 amide bonds. The third-order valence-corrected chi connectivity index (χ3v) is 8.14. The second-order valence-electron chi connectivity index (χ2n) is 6.67. The van der Waals surface area contributed by atoms with Crippen LogP contribution in [-0.4, -0.2) is 55.7 Å². The number of thioether (sulfide) groups is 2. The molecule has 1 unspecified atom stereocenters. The van der Waals surface area contributed by atoms with E-state index < -0.39 is 23.3 Å². The molecule has 0 bridgehead atoms. The van der Waals surface area contributed by atoms with Crippen LogP contribution >= 0.6 is 34.9 Å². The lowest BCUT2D eigenvalue weighted by Crippen LogP contribution is -2.70. The Labute approximate surface area is 184 Å². The standard InChI is InChI=1S/C19H18N4O4S3/c20-12-4-2-1-3-10(12)7-13(24)22-14-16(25)23-15(18(26)27)11(8-29-17(14)23)9-30-19-21-5-6-28-19/h1-6,14,17H,7-9,20H2,(H,22,24)(H,26,27)/t14?,17-/m0/s1. The minimum absolute atomic E-state index is 0.0191. The van der Waals surface area contributed by atoms with Crippen molar-refractivity contribution >= 4 is 58.3 Å². The number of carbonyl (C=O) groups is 3. The molecule has 2 aromatic rings. The fourth-order valence-electron chi connectivity index (χ4n) is 3.32. The number of β-lactam (4-membered cyclic amide) rings is 1. The Hall–Kier alpha value is -2.50. The average molecular weight is 463 g/mol. The maximum atomic E-state index is 12.7. The highest BCUT2D eigenvalue weighted by atomic mass is 32.2. The van der Waals surface area contributed by atoms with Crippen molar-refractivity contribution in [2.45, 2.75) is 22.2 Å². The molecule has 8 nitrogen and oxygen atoms in total. The number of para-hydroxylation sites is 1. The highest BCUT2D eigenvalue weighted by Gasteiger charge is 2.54. The summed E-state index contributed by atoms with van der Waals surface area (Å²) in [5.74, 6) is -0.937. The summed E-state index contributed by atoms with van der Waals surface area (Å²) in [6.07, 6.45) is 1.76. The van der Waals surface area contributed by atoms with Gasteiger partial charge in [0.15, 0.2) is 0 Å². The predicted octanol–water partition coefficient (Wildman–Crippen LogP) is 1.80. The van der Waals surface area contributed by atoms with Crippen LogP contribution in [0.2, 0.25) is 0 Å². The van der Waals surface area contributed by atoms with Crippen LogP contribution in [0.15, 0.2) is 51.5 Å². The van der Waals surface area contributed by atoms with Crippen LogP contribution in [0.3, 0.4) is 0 Å². The van der Waals surface area contributed by atoms with E-state index >= 15 is 0 Å². The second kappa shape index (κ2) is 8.70. The number of aromatic nitrogens is 1. The van der Waals surface area contributed by atoms with Crippen LogP contribution in [0.25, 0.3) is 0 Å². The summed E-state index contributed by atoms with van der Waals surface area (Å²) in [5, 5.41) is 13.9. The molecule has 4 N–H and O–H groups in total. The third-order valence-electron chi connectivity index (χ3n) is 4.75. The molecular formula is C19H18N4O4S3. The number of thiazole rings is 1. The first-order chi connectivity index (χ1) is 14.5. The zero-order valence-electron chi connectivity index (χ0n) is 15.6. The molecule has 0 aliphatic carbocycles. The van der Waals surface area contributed by atoms with Gasteiger partial charge in [0.1, 0.15) is 21.5 Å². The minimum atomic E-state index is -1.13. The molecule has 156 valence electrons. The smallest absolute Gasteiger partial charge is 0.352 e. The number of amides is 2. The monoisotopic (exact) mass is 462 g/mol. The van der Waals surface area contributed by atoms with E-state index in [1.54, 1.807) is 30.5 Å². The highest BCUT2D eigenvalue weighted by Crippen LogP contribution is 2.41. The molecule has 11 heteroatoms. The van der Waals surface area contributed by atoms with E-state index in [2.05, 4.69) is 10.3 Å². The molecule has 1 aromatic carbocycles. The number of rotatable bonds is 7. The SMILES string of the molecule is Nc1ccccc1CC(=O)NC1C(=O)N2C(C(=O)O)=C(CSc3nccs3)CS[C@@H]12. The van der Waals surface area contributed by atoms with Crippen molar-refractivity contribution in [1.29, 1.82) is 0 Å². The quantitative estimate of drug-likeness (QED) is 0.323. The number of nitrogens with two attached hydrogens (primary N) is 1. The van der Waals surface area contributed by atoms with Crippen molar-refractivity contribution in [3.8, 4) is 0 Å². The van der Waals surface area contributed by atoms with E-state index in [0.29, 0.717) is 28.3 Å². The van der Waals surface area contributed by atoms with Crippen LogP contribution in [-0.2, 0) is 20.8 Å². The molecule has 2 aliphatic rings. The zero-order chi connectivity index (χ0) is 21.3. The summed E-state index contributed by atoms with van der Waals surface area (Å²) in [7, 11) is 0. The maximum absolute atomic E-state index is 12.7. The molecule has 3 heterocycles. The lowest BCUT2D eigenvalue weighted by molar-refractivity contribution is -0.150. The van der Waals surface area contributed by atoms with Gasteiger partial charge in [0.05, 0.1) is 6.42 Å². The van der Waals surface area contributed by atoms with Crippen LogP contribution in [0.4, 0.5) is 5.69 Å². The number of carbonyl (C=O) groups excluding carboxylic acids is 2. The molecule has 2 aliphatic heterocycles. The number of nitrogens with zero attached hydrogens (tertiary/aromatic N) is 2. The summed E-state index contributed by atoms with van der Waals surface area (Å²) in [4.78, 5) is 42.5. The van der Waals surface area contributed by atoms with Gasteiger partial charge in [-0.3, -0.25) is 14.5 Å². The molecule has 0 radical (unpaired) electrons. The summed E-state index contributed by atoms with van der Waals surface area (Å²) >= 11 is 4.39. The predicted molar refractivity (Wildman–Crippen MR) is 117 cm³/mol.